The fourth-order valence-corrected chi connectivity index (χ4v) is 3.50. The summed E-state index contributed by atoms with van der Waals surface area (Å²) in [6, 6.07) is 9.90. The molecule has 0 aliphatic carbocycles. The van der Waals surface area contributed by atoms with Gasteiger partial charge in [0.2, 0.25) is 0 Å². The van der Waals surface area contributed by atoms with Crippen LogP contribution in [0.1, 0.15) is 0 Å². The van der Waals surface area contributed by atoms with Crippen molar-refractivity contribution in [2.75, 3.05) is 43.1 Å². The summed E-state index contributed by atoms with van der Waals surface area (Å²) in [6.07, 6.45) is 2.93. The summed E-state index contributed by atoms with van der Waals surface area (Å²) < 4.78 is 18.9. The number of hydrogen-bond donors (Lipinski definition) is 0. The lowest BCUT2D eigenvalue weighted by Gasteiger charge is -2.61. The lowest BCUT2D eigenvalue weighted by Crippen LogP contribution is -2.72. The molecule has 5 heteroatoms. The third kappa shape index (κ3) is 2.08. The molecule has 2 saturated heterocycles. The van der Waals surface area contributed by atoms with Gasteiger partial charge in [0, 0.05) is 43.5 Å². The number of aromatic nitrogens is 1. The predicted octanol–water partition coefficient (Wildman–Crippen LogP) is 2.56. The minimum absolute atomic E-state index is 0.233. The van der Waals surface area contributed by atoms with Crippen LogP contribution in [0.15, 0.2) is 42.7 Å². The molecule has 0 N–H and O–H groups in total. The van der Waals surface area contributed by atoms with Gasteiger partial charge < -0.3 is 14.5 Å². The Morgan fingerprint density at radius 1 is 1.05 bits per heavy atom. The topological polar surface area (TPSA) is 28.6 Å². The molecule has 1 aromatic carbocycles. The summed E-state index contributed by atoms with van der Waals surface area (Å²) in [5, 5.41) is 0. The van der Waals surface area contributed by atoms with Crippen molar-refractivity contribution in [2.24, 2.45) is 5.41 Å². The number of hydrogen-bond acceptors (Lipinski definition) is 4. The van der Waals surface area contributed by atoms with Gasteiger partial charge in [-0.15, -0.1) is 0 Å². The lowest BCUT2D eigenvalue weighted by molar-refractivity contribution is 0.156. The van der Waals surface area contributed by atoms with Gasteiger partial charge in [-0.05, 0) is 30.3 Å². The molecular formula is C17H18FN3O. The molecule has 2 aliphatic rings. The van der Waals surface area contributed by atoms with Crippen molar-refractivity contribution in [1.82, 2.24) is 4.98 Å². The summed E-state index contributed by atoms with van der Waals surface area (Å²) in [5.41, 5.74) is 2.21. The zero-order chi connectivity index (χ0) is 15.2. The van der Waals surface area contributed by atoms with Crippen LogP contribution < -0.4 is 14.5 Å². The molecule has 2 aromatic rings. The number of anilines is 2. The van der Waals surface area contributed by atoms with E-state index < -0.39 is 0 Å². The Labute approximate surface area is 129 Å². The lowest BCUT2D eigenvalue weighted by atomic mass is 9.72. The Balaban J connectivity index is 1.37. The second-order valence-corrected chi connectivity index (χ2v) is 6.24. The smallest absolute Gasteiger partial charge is 0.164 e. The molecule has 1 spiro atoms. The van der Waals surface area contributed by atoms with E-state index in [1.165, 1.54) is 11.9 Å². The van der Waals surface area contributed by atoms with Gasteiger partial charge in [0.15, 0.2) is 5.82 Å². The minimum Gasteiger partial charge on any atom is -0.497 e. The van der Waals surface area contributed by atoms with Crippen LogP contribution in [0.5, 0.6) is 5.75 Å². The monoisotopic (exact) mass is 299 g/mol. The van der Waals surface area contributed by atoms with Crippen LogP contribution in [0.4, 0.5) is 15.8 Å². The molecular weight excluding hydrogens is 281 g/mol. The highest BCUT2D eigenvalue weighted by Crippen LogP contribution is 2.44. The first-order valence-corrected chi connectivity index (χ1v) is 7.43. The van der Waals surface area contributed by atoms with E-state index in [0.29, 0.717) is 11.1 Å². The molecule has 0 unspecified atom stereocenters. The molecule has 0 bridgehead atoms. The van der Waals surface area contributed by atoms with Crippen LogP contribution in [0.3, 0.4) is 0 Å². The van der Waals surface area contributed by atoms with Crippen LogP contribution in [-0.4, -0.2) is 38.3 Å². The van der Waals surface area contributed by atoms with E-state index in [1.54, 1.807) is 19.4 Å². The highest BCUT2D eigenvalue weighted by Gasteiger charge is 2.52. The van der Waals surface area contributed by atoms with Crippen LogP contribution in [0.2, 0.25) is 0 Å². The fraction of sp³-hybridized carbons (Fsp3) is 0.353. The zero-order valence-corrected chi connectivity index (χ0v) is 12.5. The van der Waals surface area contributed by atoms with Crippen LogP contribution in [-0.2, 0) is 0 Å². The molecule has 0 saturated carbocycles. The van der Waals surface area contributed by atoms with Gasteiger partial charge in [-0.3, -0.25) is 4.98 Å². The van der Waals surface area contributed by atoms with E-state index in [2.05, 4.69) is 26.9 Å². The van der Waals surface area contributed by atoms with Crippen molar-refractivity contribution in [3.8, 4) is 5.75 Å². The summed E-state index contributed by atoms with van der Waals surface area (Å²) in [5.74, 6) is 0.644. The fourth-order valence-electron chi connectivity index (χ4n) is 3.50. The van der Waals surface area contributed by atoms with Crippen LogP contribution in [0.25, 0.3) is 0 Å². The van der Waals surface area contributed by atoms with E-state index in [1.807, 2.05) is 12.1 Å². The first kappa shape index (κ1) is 13.4. The van der Waals surface area contributed by atoms with E-state index in [9.17, 15) is 4.39 Å². The average Bonchev–Trinajstić information content (AvgIpc) is 2.47. The van der Waals surface area contributed by atoms with Crippen molar-refractivity contribution in [3.05, 3.63) is 48.5 Å². The molecule has 4 rings (SSSR count). The Kier molecular flexibility index (Phi) is 2.96. The van der Waals surface area contributed by atoms with Gasteiger partial charge >= 0.3 is 0 Å². The highest BCUT2D eigenvalue weighted by atomic mass is 19.1. The molecule has 4 nitrogen and oxygen atoms in total. The molecule has 22 heavy (non-hydrogen) atoms. The number of nitrogens with zero attached hydrogens (tertiary/aromatic N) is 3. The van der Waals surface area contributed by atoms with Gasteiger partial charge in [-0.2, -0.15) is 0 Å². The number of pyridine rings is 1. The highest BCUT2D eigenvalue weighted by molar-refractivity contribution is 5.56. The Morgan fingerprint density at radius 3 is 2.36 bits per heavy atom. The Morgan fingerprint density at radius 2 is 1.73 bits per heavy atom. The number of ether oxygens (including phenoxy) is 1. The van der Waals surface area contributed by atoms with Gasteiger partial charge in [0.1, 0.15) is 5.75 Å². The van der Waals surface area contributed by atoms with Gasteiger partial charge in [-0.1, -0.05) is 0 Å². The Bertz CT molecular complexity index is 675. The molecule has 2 fully saturated rings. The van der Waals surface area contributed by atoms with E-state index in [4.69, 9.17) is 4.74 Å². The van der Waals surface area contributed by atoms with Crippen LogP contribution >= 0.6 is 0 Å². The van der Waals surface area contributed by atoms with Crippen molar-refractivity contribution < 1.29 is 9.13 Å². The number of halogens is 1. The van der Waals surface area contributed by atoms with Gasteiger partial charge in [0.25, 0.3) is 0 Å². The normalized spacial score (nSPS) is 18.8. The summed E-state index contributed by atoms with van der Waals surface area (Å²) in [7, 11) is 1.68. The standard InChI is InChI=1S/C17H18FN3O/c1-22-14-4-2-13(3-5-14)20-9-17(10-20)11-21(12-17)16-6-7-19-8-15(16)18/h2-8H,9-12H2,1H3. The van der Waals surface area contributed by atoms with Crippen molar-refractivity contribution in [1.29, 1.82) is 0 Å². The maximum Gasteiger partial charge on any atom is 0.164 e. The van der Waals surface area contributed by atoms with Gasteiger partial charge in [0.05, 0.1) is 19.0 Å². The average molecular weight is 299 g/mol. The SMILES string of the molecule is COc1ccc(N2CC3(C2)CN(c2ccncc2F)C3)cc1. The second kappa shape index (κ2) is 4.87. The summed E-state index contributed by atoms with van der Waals surface area (Å²) in [4.78, 5) is 8.26. The summed E-state index contributed by atoms with van der Waals surface area (Å²) in [6.45, 7) is 3.90. The molecule has 114 valence electrons. The molecule has 0 atom stereocenters. The molecule has 2 aliphatic heterocycles. The largest absolute Gasteiger partial charge is 0.497 e. The molecule has 0 amide bonds. The number of methoxy groups -OCH3 is 1. The van der Waals surface area contributed by atoms with Gasteiger partial charge in [-0.25, -0.2) is 4.39 Å². The van der Waals surface area contributed by atoms with Crippen molar-refractivity contribution in [2.45, 2.75) is 0 Å². The summed E-state index contributed by atoms with van der Waals surface area (Å²) >= 11 is 0. The van der Waals surface area contributed by atoms with Crippen molar-refractivity contribution >= 4 is 11.4 Å². The number of rotatable bonds is 3. The first-order chi connectivity index (χ1) is 10.7. The molecule has 0 radical (unpaired) electrons. The first-order valence-electron chi connectivity index (χ1n) is 7.43. The third-order valence-electron chi connectivity index (χ3n) is 4.63. The van der Waals surface area contributed by atoms with Crippen molar-refractivity contribution in [3.63, 3.8) is 0 Å². The number of benzene rings is 1. The van der Waals surface area contributed by atoms with E-state index >= 15 is 0 Å². The molecule has 3 heterocycles. The predicted molar refractivity (Wildman–Crippen MR) is 84.0 cm³/mol. The zero-order valence-electron chi connectivity index (χ0n) is 12.5. The Hall–Kier alpha value is -2.30. The van der Waals surface area contributed by atoms with E-state index in [-0.39, 0.29) is 5.82 Å². The molecule has 1 aromatic heterocycles. The van der Waals surface area contributed by atoms with Crippen LogP contribution in [0, 0.1) is 11.2 Å². The second-order valence-electron chi connectivity index (χ2n) is 6.24. The quantitative estimate of drug-likeness (QED) is 0.871. The third-order valence-corrected chi connectivity index (χ3v) is 4.63. The van der Waals surface area contributed by atoms with E-state index in [0.717, 1.165) is 31.9 Å². The minimum atomic E-state index is -0.233. The maximum atomic E-state index is 13.7. The maximum absolute atomic E-state index is 13.7.